The van der Waals surface area contributed by atoms with Crippen molar-refractivity contribution in [2.75, 3.05) is 12.0 Å². The summed E-state index contributed by atoms with van der Waals surface area (Å²) in [5, 5.41) is 11.5. The average molecular weight is 575 g/mol. The van der Waals surface area contributed by atoms with Gasteiger partial charge in [0.25, 0.3) is 5.91 Å². The fourth-order valence-corrected chi connectivity index (χ4v) is 5.85. The number of nitrogens with zero attached hydrogens (tertiary/aromatic N) is 2. The maximum Gasteiger partial charge on any atom is 0.296 e. The molecule has 0 aliphatic carbocycles. The maximum absolute atomic E-state index is 13.6. The molecular weight excluding hydrogens is 548 g/mol. The summed E-state index contributed by atoms with van der Waals surface area (Å²) in [6, 6.07) is 30.9. The Morgan fingerprint density at radius 3 is 2.48 bits per heavy atom. The minimum Gasteiger partial charge on any atom is -0.503 e. The third-order valence-electron chi connectivity index (χ3n) is 6.91. The Balaban J connectivity index is 1.40. The summed E-state index contributed by atoms with van der Waals surface area (Å²) in [7, 11) is 1.58. The number of hydrogen-bond donors (Lipinski definition) is 1. The zero-order valence-electron chi connectivity index (χ0n) is 22.6. The van der Waals surface area contributed by atoms with Gasteiger partial charge in [-0.2, -0.15) is 0 Å². The highest BCUT2D eigenvalue weighted by Gasteiger charge is 2.45. The number of hydrogen-bond acceptors (Lipinski definition) is 7. The van der Waals surface area contributed by atoms with Gasteiger partial charge in [-0.05, 0) is 53.1 Å². The predicted molar refractivity (Wildman–Crippen MR) is 164 cm³/mol. The second kappa shape index (κ2) is 11.7. The summed E-state index contributed by atoms with van der Waals surface area (Å²) < 4.78 is 12.2. The van der Waals surface area contributed by atoms with E-state index in [2.05, 4.69) is 4.98 Å². The molecule has 5 aromatic rings. The first-order chi connectivity index (χ1) is 20.5. The van der Waals surface area contributed by atoms with Gasteiger partial charge in [0.2, 0.25) is 0 Å². The number of ketones is 1. The number of aliphatic hydroxyl groups is 1. The summed E-state index contributed by atoms with van der Waals surface area (Å²) in [4.78, 5) is 33.3. The largest absolute Gasteiger partial charge is 0.503 e. The monoisotopic (exact) mass is 574 g/mol. The van der Waals surface area contributed by atoms with E-state index in [1.54, 1.807) is 31.4 Å². The number of rotatable bonds is 9. The number of carbonyl (C=O) groups excluding carboxylic acids is 2. The number of allylic oxidation sites excluding steroid dienone is 1. The van der Waals surface area contributed by atoms with Gasteiger partial charge in [-0.25, -0.2) is 4.98 Å². The van der Waals surface area contributed by atoms with Crippen LogP contribution in [-0.2, 0) is 16.2 Å². The van der Waals surface area contributed by atoms with Crippen molar-refractivity contribution in [3.8, 4) is 11.5 Å². The summed E-state index contributed by atoms with van der Waals surface area (Å²) >= 11 is 1.28. The molecule has 1 aliphatic rings. The van der Waals surface area contributed by atoms with Gasteiger partial charge in [0.1, 0.15) is 18.1 Å². The molecule has 6 rings (SSSR count). The van der Waals surface area contributed by atoms with E-state index in [1.807, 2.05) is 84.9 Å². The zero-order valence-corrected chi connectivity index (χ0v) is 23.5. The first kappa shape index (κ1) is 27.0. The standard InChI is InChI=1S/C34H26N2O5S/c1-40-25-16-17-27-29(20-25)42-34(35-27)36-31(24-13-8-14-26(19-24)41-21-23-11-6-3-7-12-23)30(32(38)33(36)39)28(37)18-15-22-9-4-2-5-10-22/h2-20,31,38H,21H2,1H3. The first-order valence-electron chi connectivity index (χ1n) is 13.3. The van der Waals surface area contributed by atoms with Crippen LogP contribution in [0.3, 0.4) is 0 Å². The van der Waals surface area contributed by atoms with Crippen LogP contribution in [0.5, 0.6) is 11.5 Å². The highest BCUT2D eigenvalue weighted by molar-refractivity contribution is 7.22. The molecular formula is C34H26N2O5S. The van der Waals surface area contributed by atoms with Crippen LogP contribution in [0.1, 0.15) is 22.7 Å². The summed E-state index contributed by atoms with van der Waals surface area (Å²) in [5.41, 5.74) is 3.08. The second-order valence-corrected chi connectivity index (χ2v) is 10.6. The van der Waals surface area contributed by atoms with E-state index < -0.39 is 23.5 Å². The fraction of sp³-hybridized carbons (Fsp3) is 0.0882. The van der Waals surface area contributed by atoms with Gasteiger partial charge in [-0.15, -0.1) is 0 Å². The SMILES string of the molecule is COc1ccc2nc(N3C(=O)C(O)=C(C(=O)C=Cc4ccccc4)C3c3cccc(OCc4ccccc4)c3)sc2c1. The molecule has 1 unspecified atom stereocenters. The van der Waals surface area contributed by atoms with Crippen molar-refractivity contribution in [1.82, 2.24) is 4.98 Å². The number of fused-ring (bicyclic) bond motifs is 1. The Morgan fingerprint density at radius 2 is 1.71 bits per heavy atom. The number of aliphatic hydroxyl groups excluding tert-OH is 1. The minimum absolute atomic E-state index is 0.0239. The van der Waals surface area contributed by atoms with E-state index in [0.29, 0.717) is 34.3 Å². The summed E-state index contributed by atoms with van der Waals surface area (Å²) in [5.74, 6) is -0.548. The third kappa shape index (κ3) is 5.40. The molecule has 0 fully saturated rings. The van der Waals surface area contributed by atoms with Gasteiger partial charge in [0, 0.05) is 0 Å². The Bertz CT molecular complexity index is 1830. The van der Waals surface area contributed by atoms with Crippen molar-refractivity contribution in [2.45, 2.75) is 12.6 Å². The molecule has 0 saturated heterocycles. The molecule has 4 aromatic carbocycles. The summed E-state index contributed by atoms with van der Waals surface area (Å²) in [6.45, 7) is 0.351. The van der Waals surface area contributed by atoms with Crippen molar-refractivity contribution in [1.29, 1.82) is 0 Å². The highest BCUT2D eigenvalue weighted by Crippen LogP contribution is 2.44. The van der Waals surface area contributed by atoms with Crippen molar-refractivity contribution in [2.24, 2.45) is 0 Å². The number of ether oxygens (including phenoxy) is 2. The lowest BCUT2D eigenvalue weighted by molar-refractivity contribution is -0.117. The minimum atomic E-state index is -0.923. The highest BCUT2D eigenvalue weighted by atomic mass is 32.1. The van der Waals surface area contributed by atoms with Crippen LogP contribution in [0.4, 0.5) is 5.13 Å². The Labute approximate surface area is 246 Å². The van der Waals surface area contributed by atoms with Gasteiger partial charge in [0.15, 0.2) is 16.7 Å². The number of thiazole rings is 1. The van der Waals surface area contributed by atoms with Gasteiger partial charge in [-0.3, -0.25) is 14.5 Å². The molecule has 8 heteroatoms. The molecule has 208 valence electrons. The molecule has 1 N–H and O–H groups in total. The van der Waals surface area contributed by atoms with Crippen LogP contribution in [0.25, 0.3) is 16.3 Å². The first-order valence-corrected chi connectivity index (χ1v) is 14.1. The summed E-state index contributed by atoms with van der Waals surface area (Å²) in [6.07, 6.45) is 3.04. The van der Waals surface area contributed by atoms with Crippen LogP contribution < -0.4 is 14.4 Å². The number of amides is 1. The van der Waals surface area contributed by atoms with Crippen molar-refractivity contribution < 1.29 is 24.2 Å². The number of methoxy groups -OCH3 is 1. The average Bonchev–Trinajstić information content (AvgIpc) is 3.57. The Morgan fingerprint density at radius 1 is 0.952 bits per heavy atom. The van der Waals surface area contributed by atoms with E-state index in [9.17, 15) is 14.7 Å². The molecule has 1 amide bonds. The zero-order chi connectivity index (χ0) is 29.1. The van der Waals surface area contributed by atoms with E-state index in [4.69, 9.17) is 9.47 Å². The van der Waals surface area contributed by atoms with Crippen LogP contribution in [0.2, 0.25) is 0 Å². The molecule has 1 aliphatic heterocycles. The van der Waals surface area contributed by atoms with E-state index >= 15 is 0 Å². The lowest BCUT2D eigenvalue weighted by Crippen LogP contribution is -2.30. The molecule has 1 aromatic heterocycles. The normalized spacial score (nSPS) is 15.1. The number of carbonyl (C=O) groups is 2. The Hall–Kier alpha value is -5.21. The number of benzene rings is 4. The van der Waals surface area contributed by atoms with Gasteiger partial charge in [-0.1, -0.05) is 90.2 Å². The van der Waals surface area contributed by atoms with Crippen molar-refractivity contribution >= 4 is 44.5 Å². The van der Waals surface area contributed by atoms with Gasteiger partial charge in [0.05, 0.1) is 28.9 Å². The fourth-order valence-electron chi connectivity index (χ4n) is 4.83. The smallest absolute Gasteiger partial charge is 0.296 e. The molecule has 2 heterocycles. The molecule has 7 nitrogen and oxygen atoms in total. The molecule has 0 bridgehead atoms. The van der Waals surface area contributed by atoms with Crippen LogP contribution in [0, 0.1) is 0 Å². The van der Waals surface area contributed by atoms with Crippen LogP contribution in [0.15, 0.2) is 121 Å². The van der Waals surface area contributed by atoms with E-state index in [-0.39, 0.29) is 5.57 Å². The van der Waals surface area contributed by atoms with Gasteiger partial charge < -0.3 is 14.6 Å². The predicted octanol–water partition coefficient (Wildman–Crippen LogP) is 7.07. The van der Waals surface area contributed by atoms with Crippen LogP contribution in [-0.4, -0.2) is 28.9 Å². The van der Waals surface area contributed by atoms with Crippen molar-refractivity contribution in [3.63, 3.8) is 0 Å². The number of aromatic nitrogens is 1. The Kier molecular flexibility index (Phi) is 7.53. The lowest BCUT2D eigenvalue weighted by atomic mass is 9.95. The molecule has 0 spiro atoms. The van der Waals surface area contributed by atoms with Gasteiger partial charge >= 0.3 is 0 Å². The number of anilines is 1. The topological polar surface area (TPSA) is 89.0 Å². The maximum atomic E-state index is 13.6. The quantitative estimate of drug-likeness (QED) is 0.190. The second-order valence-electron chi connectivity index (χ2n) is 9.63. The lowest BCUT2D eigenvalue weighted by Gasteiger charge is -2.24. The van der Waals surface area contributed by atoms with Crippen LogP contribution >= 0.6 is 11.3 Å². The molecule has 1 atom stereocenters. The van der Waals surface area contributed by atoms with Crippen molar-refractivity contribution in [3.05, 3.63) is 137 Å². The molecule has 0 radical (unpaired) electrons. The van der Waals surface area contributed by atoms with E-state index in [0.717, 1.165) is 15.8 Å². The molecule has 42 heavy (non-hydrogen) atoms. The van der Waals surface area contributed by atoms with E-state index in [1.165, 1.54) is 22.3 Å². The molecule has 0 saturated carbocycles. The third-order valence-corrected chi connectivity index (χ3v) is 7.93.